The number of nitrogens with zero attached hydrogens (tertiary/aromatic N) is 1. The van der Waals surface area contributed by atoms with Gasteiger partial charge >= 0.3 is 0 Å². The van der Waals surface area contributed by atoms with Crippen LogP contribution < -0.4 is 10.1 Å². The first-order valence-electron chi connectivity index (χ1n) is 10.4. The van der Waals surface area contributed by atoms with Crippen molar-refractivity contribution in [3.8, 4) is 5.75 Å². The molecule has 4 rings (SSSR count). The third kappa shape index (κ3) is 4.44. The van der Waals surface area contributed by atoms with Gasteiger partial charge in [0.25, 0.3) is 0 Å². The minimum Gasteiger partial charge on any atom is -0.497 e. The van der Waals surface area contributed by atoms with Gasteiger partial charge in [0.15, 0.2) is 0 Å². The van der Waals surface area contributed by atoms with Crippen molar-refractivity contribution in [1.29, 1.82) is 0 Å². The number of hydrogen-bond donors (Lipinski definition) is 1. The van der Waals surface area contributed by atoms with Gasteiger partial charge in [-0.25, -0.2) is 0 Å². The fraction of sp³-hybridized carbons (Fsp3) is 0.417. The van der Waals surface area contributed by atoms with Crippen molar-refractivity contribution in [1.82, 2.24) is 10.2 Å². The number of hydrogen-bond acceptors (Lipinski definition) is 3. The minimum absolute atomic E-state index is 0.0814. The Morgan fingerprint density at radius 1 is 1.10 bits per heavy atom. The molecule has 1 atom stereocenters. The molecule has 152 valence electrons. The Kier molecular flexibility index (Phi) is 5.56. The lowest BCUT2D eigenvalue weighted by Gasteiger charge is -2.32. The van der Waals surface area contributed by atoms with Crippen molar-refractivity contribution in [3.63, 3.8) is 0 Å². The largest absolute Gasteiger partial charge is 0.497 e. The number of benzene rings is 2. The van der Waals surface area contributed by atoms with Crippen molar-refractivity contribution in [2.75, 3.05) is 13.7 Å². The quantitative estimate of drug-likeness (QED) is 0.821. The standard InChI is InChI=1S/C24H28N2O3/c1-29-21-8-6-18(7-9-21)16-24(13-10-22(27)25-24)14-11-23(28)26-15-12-19-4-2-3-5-20(19)17-26/h2-9H,10-17H2,1H3,(H,25,27). The Morgan fingerprint density at radius 3 is 2.55 bits per heavy atom. The molecule has 1 unspecified atom stereocenters. The summed E-state index contributed by atoms with van der Waals surface area (Å²) in [6.45, 7) is 1.46. The van der Waals surface area contributed by atoms with Crippen LogP contribution in [0.2, 0.25) is 0 Å². The molecule has 2 aromatic rings. The summed E-state index contributed by atoms with van der Waals surface area (Å²) in [6, 6.07) is 16.3. The predicted octanol–water partition coefficient (Wildman–Crippen LogP) is 3.25. The fourth-order valence-electron chi connectivity index (χ4n) is 4.53. The van der Waals surface area contributed by atoms with Crippen LogP contribution in [0.25, 0.3) is 0 Å². The van der Waals surface area contributed by atoms with Gasteiger partial charge in [0.05, 0.1) is 7.11 Å². The van der Waals surface area contributed by atoms with Gasteiger partial charge in [0.2, 0.25) is 11.8 Å². The van der Waals surface area contributed by atoms with E-state index in [9.17, 15) is 9.59 Å². The molecule has 5 nitrogen and oxygen atoms in total. The second-order valence-electron chi connectivity index (χ2n) is 8.19. The van der Waals surface area contributed by atoms with Crippen molar-refractivity contribution in [2.24, 2.45) is 0 Å². The zero-order chi connectivity index (χ0) is 20.3. The van der Waals surface area contributed by atoms with Gasteiger partial charge in [0.1, 0.15) is 5.75 Å². The van der Waals surface area contributed by atoms with Gasteiger partial charge in [-0.15, -0.1) is 0 Å². The van der Waals surface area contributed by atoms with Crippen molar-refractivity contribution in [3.05, 3.63) is 65.2 Å². The molecule has 2 aliphatic rings. The maximum Gasteiger partial charge on any atom is 0.222 e. The van der Waals surface area contributed by atoms with Gasteiger partial charge in [-0.3, -0.25) is 9.59 Å². The highest BCUT2D eigenvalue weighted by atomic mass is 16.5. The van der Waals surface area contributed by atoms with E-state index in [0.29, 0.717) is 25.8 Å². The monoisotopic (exact) mass is 392 g/mol. The first-order chi connectivity index (χ1) is 14.1. The van der Waals surface area contributed by atoms with Crippen LogP contribution in [0.5, 0.6) is 5.75 Å². The SMILES string of the molecule is COc1ccc(CC2(CCC(=O)N3CCc4ccccc4C3)CCC(=O)N2)cc1. The average Bonchev–Trinajstić information content (AvgIpc) is 3.12. The Labute approximate surface area is 172 Å². The van der Waals surface area contributed by atoms with Crippen molar-refractivity contribution in [2.45, 2.75) is 50.6 Å². The average molecular weight is 392 g/mol. The molecule has 0 bridgehead atoms. The molecule has 29 heavy (non-hydrogen) atoms. The minimum atomic E-state index is -0.338. The van der Waals surface area contributed by atoms with Gasteiger partial charge < -0.3 is 15.0 Å². The molecule has 2 aromatic carbocycles. The molecular weight excluding hydrogens is 364 g/mol. The first-order valence-corrected chi connectivity index (χ1v) is 10.4. The molecule has 0 spiro atoms. The van der Waals surface area contributed by atoms with E-state index in [-0.39, 0.29) is 17.4 Å². The van der Waals surface area contributed by atoms with Crippen molar-refractivity contribution >= 4 is 11.8 Å². The number of methoxy groups -OCH3 is 1. The van der Waals surface area contributed by atoms with Crippen LogP contribution in [0, 0.1) is 0 Å². The molecule has 0 saturated carbocycles. The summed E-state index contributed by atoms with van der Waals surface area (Å²) in [7, 11) is 1.65. The molecule has 5 heteroatoms. The van der Waals surface area contributed by atoms with Crippen LogP contribution in [0.3, 0.4) is 0 Å². The Balaban J connectivity index is 1.41. The van der Waals surface area contributed by atoms with E-state index in [2.05, 4.69) is 23.5 Å². The van der Waals surface area contributed by atoms with Gasteiger partial charge in [-0.1, -0.05) is 36.4 Å². The zero-order valence-electron chi connectivity index (χ0n) is 16.9. The van der Waals surface area contributed by atoms with E-state index in [4.69, 9.17) is 4.74 Å². The highest BCUT2D eigenvalue weighted by Gasteiger charge is 2.38. The molecule has 0 aromatic heterocycles. The normalized spacial score (nSPS) is 20.9. The van der Waals surface area contributed by atoms with Gasteiger partial charge in [-0.05, 0) is 54.5 Å². The Hall–Kier alpha value is -2.82. The van der Waals surface area contributed by atoms with Crippen LogP contribution in [0.4, 0.5) is 0 Å². The van der Waals surface area contributed by atoms with E-state index >= 15 is 0 Å². The highest BCUT2D eigenvalue weighted by molar-refractivity contribution is 5.80. The number of carbonyl (C=O) groups excluding carboxylic acids is 2. The first kappa shape index (κ1) is 19.5. The molecule has 1 fully saturated rings. The van der Waals surface area contributed by atoms with Crippen LogP contribution in [0.1, 0.15) is 42.4 Å². The Bertz CT molecular complexity index is 893. The van der Waals surface area contributed by atoms with Crippen LogP contribution in [0.15, 0.2) is 48.5 Å². The van der Waals surface area contributed by atoms with Crippen LogP contribution >= 0.6 is 0 Å². The number of fused-ring (bicyclic) bond motifs is 1. The molecule has 2 aliphatic heterocycles. The topological polar surface area (TPSA) is 58.6 Å². The summed E-state index contributed by atoms with van der Waals surface area (Å²) in [6.07, 6.45) is 4.07. The summed E-state index contributed by atoms with van der Waals surface area (Å²) in [4.78, 5) is 26.9. The zero-order valence-corrected chi connectivity index (χ0v) is 16.9. The van der Waals surface area contributed by atoms with E-state index in [1.165, 1.54) is 11.1 Å². The molecule has 2 amide bonds. The smallest absolute Gasteiger partial charge is 0.222 e. The molecule has 1 saturated heterocycles. The van der Waals surface area contributed by atoms with E-state index in [1.807, 2.05) is 35.2 Å². The van der Waals surface area contributed by atoms with E-state index < -0.39 is 0 Å². The number of rotatable bonds is 6. The van der Waals surface area contributed by atoms with E-state index in [0.717, 1.165) is 37.1 Å². The maximum absolute atomic E-state index is 12.9. The number of ether oxygens (including phenoxy) is 1. The summed E-state index contributed by atoms with van der Waals surface area (Å²) in [5, 5.41) is 3.18. The van der Waals surface area contributed by atoms with Crippen molar-refractivity contribution < 1.29 is 14.3 Å². The van der Waals surface area contributed by atoms with Crippen LogP contribution in [-0.4, -0.2) is 35.9 Å². The number of amides is 2. The number of carbonyl (C=O) groups is 2. The third-order valence-electron chi connectivity index (χ3n) is 6.24. The summed E-state index contributed by atoms with van der Waals surface area (Å²) in [5.41, 5.74) is 3.40. The molecule has 2 heterocycles. The van der Waals surface area contributed by atoms with E-state index in [1.54, 1.807) is 7.11 Å². The predicted molar refractivity (Wildman–Crippen MR) is 112 cm³/mol. The van der Waals surface area contributed by atoms with Gasteiger partial charge in [0, 0.05) is 31.5 Å². The van der Waals surface area contributed by atoms with Gasteiger partial charge in [-0.2, -0.15) is 0 Å². The second-order valence-corrected chi connectivity index (χ2v) is 8.19. The molecular formula is C24H28N2O3. The highest BCUT2D eigenvalue weighted by Crippen LogP contribution is 2.31. The molecule has 1 N–H and O–H groups in total. The fourth-order valence-corrected chi connectivity index (χ4v) is 4.53. The molecule has 0 radical (unpaired) electrons. The van der Waals surface area contributed by atoms with Crippen LogP contribution in [-0.2, 0) is 29.0 Å². The summed E-state index contributed by atoms with van der Waals surface area (Å²) in [5.74, 6) is 1.08. The lowest BCUT2D eigenvalue weighted by Crippen LogP contribution is -2.45. The Morgan fingerprint density at radius 2 is 1.86 bits per heavy atom. The lowest BCUT2D eigenvalue weighted by atomic mass is 9.84. The maximum atomic E-state index is 12.9. The molecule has 0 aliphatic carbocycles. The second kappa shape index (κ2) is 8.27. The number of nitrogens with one attached hydrogen (secondary N) is 1. The summed E-state index contributed by atoms with van der Waals surface area (Å²) < 4.78 is 5.23. The lowest BCUT2D eigenvalue weighted by molar-refractivity contribution is -0.132. The summed E-state index contributed by atoms with van der Waals surface area (Å²) >= 11 is 0. The third-order valence-corrected chi connectivity index (χ3v) is 6.24.